The molecule has 0 bridgehead atoms. The van der Waals surface area contributed by atoms with Crippen molar-refractivity contribution in [1.82, 2.24) is 9.80 Å². The van der Waals surface area contributed by atoms with Gasteiger partial charge < -0.3 is 24.7 Å². The molecule has 0 atom stereocenters. The number of piperazine rings is 1. The second-order valence-corrected chi connectivity index (χ2v) is 7.28. The van der Waals surface area contributed by atoms with Gasteiger partial charge in [-0.2, -0.15) is 0 Å². The van der Waals surface area contributed by atoms with Crippen molar-refractivity contribution in [3.8, 4) is 11.5 Å². The number of halogens is 2. The molecule has 1 fully saturated rings. The lowest BCUT2D eigenvalue weighted by molar-refractivity contribution is 0.170. The Labute approximate surface area is 189 Å². The number of hydrogen-bond acceptors (Lipinski definition) is 5. The van der Waals surface area contributed by atoms with Gasteiger partial charge in [-0.3, -0.25) is 4.90 Å². The Kier molecular flexibility index (Phi) is 10.5. The molecule has 2 N–H and O–H groups in total. The number of amides is 1. The van der Waals surface area contributed by atoms with Crippen molar-refractivity contribution < 1.29 is 24.1 Å². The Hall–Kier alpha value is -2.55. The standard InChI is InChI=1S/C22H28FN3O3.ClH.H2O/c1-24(2)22(27)29-20-9-8-17(16-21(20)28-3)10-11-25-12-14-26(15-13-25)19-7-5-4-6-18(19)23;;/h4-9,16H,10-15H2,1-3H3;1H;1H2. The summed E-state index contributed by atoms with van der Waals surface area (Å²) in [5.74, 6) is 0.790. The number of carbonyl (C=O) groups is 1. The number of ether oxygens (including phenoxy) is 2. The van der Waals surface area contributed by atoms with Crippen LogP contribution in [0.25, 0.3) is 0 Å². The van der Waals surface area contributed by atoms with Crippen LogP contribution in [-0.2, 0) is 6.42 Å². The summed E-state index contributed by atoms with van der Waals surface area (Å²) in [5.41, 5.74) is 1.79. The van der Waals surface area contributed by atoms with E-state index in [2.05, 4.69) is 9.80 Å². The molecule has 1 saturated heterocycles. The molecule has 31 heavy (non-hydrogen) atoms. The van der Waals surface area contributed by atoms with Crippen LogP contribution in [0.5, 0.6) is 11.5 Å². The number of anilines is 1. The second-order valence-electron chi connectivity index (χ2n) is 7.28. The topological polar surface area (TPSA) is 76.8 Å². The highest BCUT2D eigenvalue weighted by atomic mass is 35.5. The van der Waals surface area contributed by atoms with Gasteiger partial charge >= 0.3 is 6.09 Å². The van der Waals surface area contributed by atoms with Crippen LogP contribution < -0.4 is 14.4 Å². The maximum Gasteiger partial charge on any atom is 0.414 e. The number of methoxy groups -OCH3 is 1. The van der Waals surface area contributed by atoms with Crippen LogP contribution in [0.1, 0.15) is 5.56 Å². The summed E-state index contributed by atoms with van der Waals surface area (Å²) in [4.78, 5) is 17.6. The normalized spacial score (nSPS) is 13.6. The summed E-state index contributed by atoms with van der Waals surface area (Å²) in [6.07, 6.45) is 0.418. The van der Waals surface area contributed by atoms with Crippen LogP contribution >= 0.6 is 12.4 Å². The molecule has 172 valence electrons. The first-order valence-corrected chi connectivity index (χ1v) is 9.76. The van der Waals surface area contributed by atoms with Crippen LogP contribution in [-0.4, -0.2) is 75.3 Å². The number of nitrogens with zero attached hydrogens (tertiary/aromatic N) is 3. The fourth-order valence-electron chi connectivity index (χ4n) is 3.34. The van der Waals surface area contributed by atoms with Gasteiger partial charge in [-0.1, -0.05) is 18.2 Å². The summed E-state index contributed by atoms with van der Waals surface area (Å²) >= 11 is 0. The molecular weight excluding hydrogens is 425 g/mol. The Morgan fingerprint density at radius 1 is 1.06 bits per heavy atom. The van der Waals surface area contributed by atoms with Gasteiger partial charge in [0.15, 0.2) is 11.5 Å². The van der Waals surface area contributed by atoms with E-state index in [1.165, 1.54) is 11.0 Å². The molecule has 0 unspecified atom stereocenters. The third-order valence-corrected chi connectivity index (χ3v) is 5.07. The van der Waals surface area contributed by atoms with Crippen LogP contribution in [0.4, 0.5) is 14.9 Å². The Morgan fingerprint density at radius 3 is 2.35 bits per heavy atom. The van der Waals surface area contributed by atoms with Gasteiger partial charge in [0.25, 0.3) is 0 Å². The molecule has 0 radical (unpaired) electrons. The molecule has 0 spiro atoms. The largest absolute Gasteiger partial charge is 0.493 e. The first-order chi connectivity index (χ1) is 14.0. The van der Waals surface area contributed by atoms with Crippen molar-refractivity contribution in [3.63, 3.8) is 0 Å². The highest BCUT2D eigenvalue weighted by molar-refractivity contribution is 5.85. The van der Waals surface area contributed by atoms with E-state index in [1.54, 1.807) is 33.3 Å². The first-order valence-electron chi connectivity index (χ1n) is 9.76. The minimum Gasteiger partial charge on any atom is -0.493 e. The van der Waals surface area contributed by atoms with Crippen molar-refractivity contribution in [1.29, 1.82) is 0 Å². The minimum absolute atomic E-state index is 0. The monoisotopic (exact) mass is 455 g/mol. The number of hydrogen-bond donors (Lipinski definition) is 0. The van der Waals surface area contributed by atoms with Gasteiger partial charge in [0.2, 0.25) is 0 Å². The lowest BCUT2D eigenvalue weighted by atomic mass is 10.1. The van der Waals surface area contributed by atoms with E-state index in [0.717, 1.165) is 44.7 Å². The van der Waals surface area contributed by atoms with Crippen molar-refractivity contribution in [3.05, 3.63) is 53.8 Å². The number of para-hydroxylation sites is 1. The van der Waals surface area contributed by atoms with E-state index < -0.39 is 6.09 Å². The molecule has 0 aliphatic carbocycles. The van der Waals surface area contributed by atoms with E-state index in [0.29, 0.717) is 17.2 Å². The van der Waals surface area contributed by atoms with Gasteiger partial charge in [-0.05, 0) is 36.2 Å². The zero-order valence-electron chi connectivity index (χ0n) is 18.1. The van der Waals surface area contributed by atoms with E-state index in [1.807, 2.05) is 24.3 Å². The van der Waals surface area contributed by atoms with Gasteiger partial charge in [0.1, 0.15) is 5.82 Å². The van der Waals surface area contributed by atoms with E-state index in [-0.39, 0.29) is 23.7 Å². The Bertz CT molecular complexity index is 845. The molecular formula is C22H31ClFN3O4. The zero-order chi connectivity index (χ0) is 20.8. The summed E-state index contributed by atoms with van der Waals surface area (Å²) < 4.78 is 24.7. The molecule has 3 rings (SSSR count). The third-order valence-electron chi connectivity index (χ3n) is 5.07. The average molecular weight is 456 g/mol. The van der Waals surface area contributed by atoms with Crippen molar-refractivity contribution >= 4 is 24.2 Å². The first kappa shape index (κ1) is 26.5. The maximum absolute atomic E-state index is 14.0. The summed E-state index contributed by atoms with van der Waals surface area (Å²) in [6, 6.07) is 12.6. The number of benzene rings is 2. The van der Waals surface area contributed by atoms with Gasteiger partial charge in [0.05, 0.1) is 12.8 Å². The minimum atomic E-state index is -0.441. The van der Waals surface area contributed by atoms with Gasteiger partial charge in [-0.15, -0.1) is 12.4 Å². The molecule has 9 heteroatoms. The Morgan fingerprint density at radius 2 is 1.74 bits per heavy atom. The molecule has 2 aromatic rings. The number of carbonyl (C=O) groups excluding carboxylic acids is 1. The molecule has 1 heterocycles. The average Bonchev–Trinajstić information content (AvgIpc) is 2.73. The predicted octanol–water partition coefficient (Wildman–Crippen LogP) is 2.86. The lowest BCUT2D eigenvalue weighted by Crippen LogP contribution is -2.47. The summed E-state index contributed by atoms with van der Waals surface area (Å²) in [6.45, 7) is 4.31. The SMILES string of the molecule is COc1cc(CCN2CCN(c3ccccc3F)CC2)ccc1OC(=O)N(C)C.Cl.O. The molecule has 2 aromatic carbocycles. The van der Waals surface area contributed by atoms with Crippen molar-refractivity contribution in [2.75, 3.05) is 58.8 Å². The maximum atomic E-state index is 14.0. The Balaban J connectivity index is 0.00000240. The van der Waals surface area contributed by atoms with E-state index in [4.69, 9.17) is 9.47 Å². The number of rotatable bonds is 6. The van der Waals surface area contributed by atoms with E-state index >= 15 is 0 Å². The third kappa shape index (κ3) is 6.99. The van der Waals surface area contributed by atoms with Gasteiger partial charge in [-0.25, -0.2) is 9.18 Å². The van der Waals surface area contributed by atoms with Crippen molar-refractivity contribution in [2.24, 2.45) is 0 Å². The smallest absolute Gasteiger partial charge is 0.414 e. The molecule has 0 aromatic heterocycles. The molecule has 1 amide bonds. The molecule has 7 nitrogen and oxygen atoms in total. The fraction of sp³-hybridized carbons (Fsp3) is 0.409. The van der Waals surface area contributed by atoms with Crippen LogP contribution in [0.3, 0.4) is 0 Å². The molecule has 0 saturated carbocycles. The van der Waals surface area contributed by atoms with Crippen LogP contribution in [0, 0.1) is 5.82 Å². The van der Waals surface area contributed by atoms with Crippen LogP contribution in [0.15, 0.2) is 42.5 Å². The summed E-state index contributed by atoms with van der Waals surface area (Å²) in [7, 11) is 4.83. The molecule has 1 aliphatic rings. The lowest BCUT2D eigenvalue weighted by Gasteiger charge is -2.36. The second kappa shape index (κ2) is 12.3. The van der Waals surface area contributed by atoms with E-state index in [9.17, 15) is 9.18 Å². The van der Waals surface area contributed by atoms with Gasteiger partial charge in [0, 0.05) is 46.8 Å². The predicted molar refractivity (Wildman–Crippen MR) is 122 cm³/mol. The fourth-order valence-corrected chi connectivity index (χ4v) is 3.34. The highest BCUT2D eigenvalue weighted by Crippen LogP contribution is 2.29. The molecule has 1 aliphatic heterocycles. The quantitative estimate of drug-likeness (QED) is 0.669. The van der Waals surface area contributed by atoms with Crippen LogP contribution in [0.2, 0.25) is 0 Å². The highest BCUT2D eigenvalue weighted by Gasteiger charge is 2.19. The summed E-state index contributed by atoms with van der Waals surface area (Å²) in [5, 5.41) is 0. The van der Waals surface area contributed by atoms with Crippen molar-refractivity contribution in [2.45, 2.75) is 6.42 Å². The zero-order valence-corrected chi connectivity index (χ0v) is 19.0.